The minimum Gasteiger partial charge on any atom is -0.396 e. The van der Waals surface area contributed by atoms with Gasteiger partial charge in [0, 0.05) is 18.2 Å². The second kappa shape index (κ2) is 3.64. The zero-order valence-electron chi connectivity index (χ0n) is 7.66. The molecule has 1 aromatic carbocycles. The van der Waals surface area contributed by atoms with Crippen LogP contribution in [0.4, 0.5) is 0 Å². The van der Waals surface area contributed by atoms with Crippen LogP contribution in [-0.4, -0.2) is 16.7 Å². The Balaban J connectivity index is 2.64. The standard InChI is InChI=1S/C11H11NO2/c13-6-4-8-1-2-9-3-5-12-11(14)10(9)7-8/h1-3,5,7,13H,4,6H2,(H,12,14). The number of hydrogen-bond donors (Lipinski definition) is 2. The van der Waals surface area contributed by atoms with Crippen molar-refractivity contribution in [3.05, 3.63) is 46.4 Å². The third-order valence-corrected chi connectivity index (χ3v) is 2.24. The van der Waals surface area contributed by atoms with Crippen LogP contribution >= 0.6 is 0 Å². The van der Waals surface area contributed by atoms with Gasteiger partial charge in [-0.2, -0.15) is 0 Å². The summed E-state index contributed by atoms with van der Waals surface area (Å²) in [5.41, 5.74) is 0.902. The molecular weight excluding hydrogens is 178 g/mol. The molecule has 0 bridgehead atoms. The Morgan fingerprint density at radius 2 is 2.14 bits per heavy atom. The van der Waals surface area contributed by atoms with Gasteiger partial charge in [0.05, 0.1) is 0 Å². The van der Waals surface area contributed by atoms with Gasteiger partial charge in [-0.3, -0.25) is 4.79 Å². The molecule has 1 heterocycles. The quantitative estimate of drug-likeness (QED) is 0.742. The number of rotatable bonds is 2. The predicted octanol–water partition coefficient (Wildman–Crippen LogP) is 1.06. The van der Waals surface area contributed by atoms with Gasteiger partial charge in [0.2, 0.25) is 0 Å². The number of pyridine rings is 1. The van der Waals surface area contributed by atoms with E-state index in [4.69, 9.17) is 5.11 Å². The molecule has 2 aromatic rings. The summed E-state index contributed by atoms with van der Waals surface area (Å²) in [6.07, 6.45) is 2.22. The number of aliphatic hydroxyl groups is 1. The van der Waals surface area contributed by atoms with Crippen molar-refractivity contribution in [1.29, 1.82) is 0 Å². The number of hydrogen-bond acceptors (Lipinski definition) is 2. The highest BCUT2D eigenvalue weighted by Crippen LogP contribution is 2.11. The topological polar surface area (TPSA) is 53.1 Å². The lowest BCUT2D eigenvalue weighted by molar-refractivity contribution is 0.299. The molecule has 0 aliphatic rings. The Labute approximate surface area is 81.0 Å². The number of aromatic amines is 1. The van der Waals surface area contributed by atoms with Crippen molar-refractivity contribution in [3.8, 4) is 0 Å². The van der Waals surface area contributed by atoms with E-state index < -0.39 is 0 Å². The summed E-state index contributed by atoms with van der Waals surface area (Å²) < 4.78 is 0. The maximum atomic E-state index is 11.4. The van der Waals surface area contributed by atoms with E-state index in [-0.39, 0.29) is 12.2 Å². The van der Waals surface area contributed by atoms with Crippen LogP contribution in [0.5, 0.6) is 0 Å². The Bertz CT molecular complexity index is 502. The number of fused-ring (bicyclic) bond motifs is 1. The second-order valence-electron chi connectivity index (χ2n) is 3.20. The van der Waals surface area contributed by atoms with Gasteiger partial charge in [-0.15, -0.1) is 0 Å². The van der Waals surface area contributed by atoms with Crippen molar-refractivity contribution in [3.63, 3.8) is 0 Å². The Kier molecular flexibility index (Phi) is 2.33. The van der Waals surface area contributed by atoms with Gasteiger partial charge in [0.15, 0.2) is 0 Å². The lowest BCUT2D eigenvalue weighted by atomic mass is 10.1. The average Bonchev–Trinajstić information content (AvgIpc) is 2.20. The molecule has 0 amide bonds. The third-order valence-electron chi connectivity index (χ3n) is 2.24. The van der Waals surface area contributed by atoms with Gasteiger partial charge in [-0.25, -0.2) is 0 Å². The first-order valence-corrected chi connectivity index (χ1v) is 4.52. The molecule has 0 unspecified atom stereocenters. The van der Waals surface area contributed by atoms with Crippen molar-refractivity contribution in [2.45, 2.75) is 6.42 Å². The van der Waals surface area contributed by atoms with Crippen LogP contribution in [0, 0.1) is 0 Å². The van der Waals surface area contributed by atoms with E-state index in [1.165, 1.54) is 0 Å². The lowest BCUT2D eigenvalue weighted by Crippen LogP contribution is -2.05. The maximum absolute atomic E-state index is 11.4. The fourth-order valence-electron chi connectivity index (χ4n) is 1.51. The summed E-state index contributed by atoms with van der Waals surface area (Å²) in [5.74, 6) is 0. The molecule has 0 aliphatic heterocycles. The molecule has 0 atom stereocenters. The van der Waals surface area contributed by atoms with E-state index in [9.17, 15) is 4.79 Å². The van der Waals surface area contributed by atoms with Crippen LogP contribution < -0.4 is 5.56 Å². The van der Waals surface area contributed by atoms with Crippen LogP contribution in [0.1, 0.15) is 5.56 Å². The van der Waals surface area contributed by atoms with E-state index in [1.54, 1.807) is 6.20 Å². The highest BCUT2D eigenvalue weighted by atomic mass is 16.2. The van der Waals surface area contributed by atoms with Gasteiger partial charge < -0.3 is 10.1 Å². The van der Waals surface area contributed by atoms with Gasteiger partial charge in [0.25, 0.3) is 5.56 Å². The fraction of sp³-hybridized carbons (Fsp3) is 0.182. The minimum absolute atomic E-state index is 0.0812. The number of aliphatic hydroxyl groups excluding tert-OH is 1. The van der Waals surface area contributed by atoms with Crippen molar-refractivity contribution in [2.75, 3.05) is 6.61 Å². The number of nitrogens with one attached hydrogen (secondary N) is 1. The molecule has 0 aliphatic carbocycles. The first kappa shape index (κ1) is 8.97. The number of benzene rings is 1. The summed E-state index contributed by atoms with van der Waals surface area (Å²) in [6.45, 7) is 0.107. The average molecular weight is 189 g/mol. The van der Waals surface area contributed by atoms with Crippen LogP contribution in [0.15, 0.2) is 35.3 Å². The van der Waals surface area contributed by atoms with Crippen molar-refractivity contribution >= 4 is 10.8 Å². The molecule has 2 rings (SSSR count). The Morgan fingerprint density at radius 3 is 2.93 bits per heavy atom. The summed E-state index contributed by atoms with van der Waals surface area (Å²) in [7, 11) is 0. The SMILES string of the molecule is O=c1[nH]ccc2ccc(CCO)cc12. The van der Waals surface area contributed by atoms with Gasteiger partial charge >= 0.3 is 0 Å². The van der Waals surface area contributed by atoms with Gasteiger partial charge in [0.1, 0.15) is 0 Å². The highest BCUT2D eigenvalue weighted by Gasteiger charge is 1.98. The van der Waals surface area contributed by atoms with E-state index in [2.05, 4.69) is 4.98 Å². The summed E-state index contributed by atoms with van der Waals surface area (Å²) in [6, 6.07) is 7.51. The summed E-state index contributed by atoms with van der Waals surface area (Å²) in [5, 5.41) is 10.4. The molecule has 0 spiro atoms. The minimum atomic E-state index is -0.0812. The molecule has 0 radical (unpaired) electrons. The molecule has 0 saturated carbocycles. The van der Waals surface area contributed by atoms with Crippen molar-refractivity contribution in [1.82, 2.24) is 4.98 Å². The smallest absolute Gasteiger partial charge is 0.255 e. The molecule has 1 aromatic heterocycles. The molecule has 2 N–H and O–H groups in total. The molecule has 3 heteroatoms. The lowest BCUT2D eigenvalue weighted by Gasteiger charge is -2.00. The van der Waals surface area contributed by atoms with Crippen molar-refractivity contribution in [2.24, 2.45) is 0 Å². The largest absolute Gasteiger partial charge is 0.396 e. The van der Waals surface area contributed by atoms with Crippen LogP contribution in [0.25, 0.3) is 10.8 Å². The number of aromatic nitrogens is 1. The Hall–Kier alpha value is -1.61. The summed E-state index contributed by atoms with van der Waals surface area (Å²) >= 11 is 0. The maximum Gasteiger partial charge on any atom is 0.255 e. The van der Waals surface area contributed by atoms with Crippen LogP contribution in [-0.2, 0) is 6.42 Å². The molecule has 72 valence electrons. The van der Waals surface area contributed by atoms with Gasteiger partial charge in [-0.1, -0.05) is 12.1 Å². The van der Waals surface area contributed by atoms with E-state index in [0.29, 0.717) is 11.8 Å². The molecule has 14 heavy (non-hydrogen) atoms. The molecule has 3 nitrogen and oxygen atoms in total. The predicted molar refractivity (Wildman–Crippen MR) is 55.4 cm³/mol. The normalized spacial score (nSPS) is 10.6. The van der Waals surface area contributed by atoms with E-state index in [0.717, 1.165) is 10.9 Å². The second-order valence-corrected chi connectivity index (χ2v) is 3.20. The first-order chi connectivity index (χ1) is 6.81. The fourth-order valence-corrected chi connectivity index (χ4v) is 1.51. The highest BCUT2D eigenvalue weighted by molar-refractivity contribution is 5.81. The Morgan fingerprint density at radius 1 is 1.29 bits per heavy atom. The summed E-state index contributed by atoms with van der Waals surface area (Å²) in [4.78, 5) is 14.0. The van der Waals surface area contributed by atoms with E-state index >= 15 is 0 Å². The monoisotopic (exact) mass is 189 g/mol. The zero-order chi connectivity index (χ0) is 9.97. The molecule has 0 fully saturated rings. The zero-order valence-corrected chi connectivity index (χ0v) is 7.66. The first-order valence-electron chi connectivity index (χ1n) is 4.52. The van der Waals surface area contributed by atoms with E-state index in [1.807, 2.05) is 24.3 Å². The van der Waals surface area contributed by atoms with Crippen molar-refractivity contribution < 1.29 is 5.11 Å². The third kappa shape index (κ3) is 1.54. The van der Waals surface area contributed by atoms with Crippen LogP contribution in [0.2, 0.25) is 0 Å². The molecular formula is C11H11NO2. The van der Waals surface area contributed by atoms with Crippen LogP contribution in [0.3, 0.4) is 0 Å². The van der Waals surface area contributed by atoms with Gasteiger partial charge in [-0.05, 0) is 29.5 Å². The molecule has 0 saturated heterocycles. The number of H-pyrrole nitrogens is 1.